The van der Waals surface area contributed by atoms with Crippen molar-refractivity contribution in [2.75, 3.05) is 13.1 Å². The largest absolute Gasteiger partial charge is 0.504 e. The van der Waals surface area contributed by atoms with Gasteiger partial charge in [-0.15, -0.1) is 0 Å². The lowest BCUT2D eigenvalue weighted by Gasteiger charge is -2.29. The van der Waals surface area contributed by atoms with Gasteiger partial charge in [0.25, 0.3) is 0 Å². The third-order valence-corrected chi connectivity index (χ3v) is 3.71. The molecule has 0 bridgehead atoms. The van der Waals surface area contributed by atoms with E-state index in [1.165, 1.54) is 12.8 Å². The Hall–Kier alpha value is -0.960. The first-order chi connectivity index (χ1) is 6.83. The molecular weight excluding hydrogens is 178 g/mol. The van der Waals surface area contributed by atoms with Gasteiger partial charge in [-0.1, -0.05) is 0 Å². The summed E-state index contributed by atoms with van der Waals surface area (Å²) in [6, 6.07) is 1.65. The summed E-state index contributed by atoms with van der Waals surface area (Å²) < 4.78 is 5.46. The molecular formula is C11H15NO2. The lowest BCUT2D eigenvalue weighted by molar-refractivity contribution is 0.157. The van der Waals surface area contributed by atoms with Crippen LogP contribution in [-0.4, -0.2) is 23.1 Å². The highest BCUT2D eigenvalue weighted by Gasteiger charge is 2.49. The van der Waals surface area contributed by atoms with Crippen molar-refractivity contribution in [1.82, 2.24) is 4.90 Å². The Kier molecular flexibility index (Phi) is 1.65. The second-order valence-corrected chi connectivity index (χ2v) is 4.36. The Morgan fingerprint density at radius 3 is 2.57 bits per heavy atom. The van der Waals surface area contributed by atoms with Gasteiger partial charge in [0.15, 0.2) is 11.5 Å². The standard InChI is InChI=1S/C11H15NO2/c13-9-3-8-14-10(9)11-4-1-6-12(11)7-2-5-11/h3,8,13H,1-2,4-7H2. The highest BCUT2D eigenvalue weighted by atomic mass is 16.4. The summed E-state index contributed by atoms with van der Waals surface area (Å²) in [6.07, 6.45) is 6.30. The minimum atomic E-state index is 0.0353. The molecule has 3 heterocycles. The van der Waals surface area contributed by atoms with Crippen LogP contribution in [-0.2, 0) is 5.54 Å². The zero-order valence-electron chi connectivity index (χ0n) is 8.20. The Morgan fingerprint density at radius 2 is 2.00 bits per heavy atom. The van der Waals surface area contributed by atoms with Gasteiger partial charge in [-0.25, -0.2) is 0 Å². The van der Waals surface area contributed by atoms with Gasteiger partial charge in [-0.2, -0.15) is 0 Å². The molecule has 0 atom stereocenters. The van der Waals surface area contributed by atoms with Crippen LogP contribution in [0.25, 0.3) is 0 Å². The van der Waals surface area contributed by atoms with Crippen LogP contribution in [0.4, 0.5) is 0 Å². The maximum atomic E-state index is 9.73. The zero-order chi connectivity index (χ0) is 9.60. The first kappa shape index (κ1) is 8.36. The minimum Gasteiger partial charge on any atom is -0.504 e. The van der Waals surface area contributed by atoms with Crippen molar-refractivity contribution in [2.45, 2.75) is 31.2 Å². The summed E-state index contributed by atoms with van der Waals surface area (Å²) in [5.74, 6) is 1.13. The van der Waals surface area contributed by atoms with E-state index >= 15 is 0 Å². The summed E-state index contributed by atoms with van der Waals surface area (Å²) in [4.78, 5) is 2.46. The van der Waals surface area contributed by atoms with Gasteiger partial charge >= 0.3 is 0 Å². The number of nitrogens with zero attached hydrogens (tertiary/aromatic N) is 1. The van der Waals surface area contributed by atoms with Crippen LogP contribution < -0.4 is 0 Å². The molecule has 0 spiro atoms. The van der Waals surface area contributed by atoms with Gasteiger partial charge in [0.05, 0.1) is 11.8 Å². The summed E-state index contributed by atoms with van der Waals surface area (Å²) in [5, 5.41) is 9.73. The molecule has 0 amide bonds. The molecule has 2 fully saturated rings. The Morgan fingerprint density at radius 1 is 1.29 bits per heavy atom. The first-order valence-corrected chi connectivity index (χ1v) is 5.35. The van der Waals surface area contributed by atoms with E-state index in [0.717, 1.165) is 31.7 Å². The number of furan rings is 1. The predicted octanol–water partition coefficient (Wildman–Crippen LogP) is 2.07. The van der Waals surface area contributed by atoms with Crippen molar-refractivity contribution in [1.29, 1.82) is 0 Å². The molecule has 14 heavy (non-hydrogen) atoms. The van der Waals surface area contributed by atoms with E-state index in [1.54, 1.807) is 12.3 Å². The van der Waals surface area contributed by atoms with Gasteiger partial charge in [0.2, 0.25) is 0 Å². The molecule has 0 saturated carbocycles. The fourth-order valence-corrected chi connectivity index (χ4v) is 3.13. The molecule has 2 aliphatic heterocycles. The third-order valence-electron chi connectivity index (χ3n) is 3.71. The van der Waals surface area contributed by atoms with Crippen LogP contribution in [0, 0.1) is 0 Å². The van der Waals surface area contributed by atoms with Crippen molar-refractivity contribution in [2.24, 2.45) is 0 Å². The highest BCUT2D eigenvalue weighted by molar-refractivity contribution is 5.31. The quantitative estimate of drug-likeness (QED) is 0.741. The second-order valence-electron chi connectivity index (χ2n) is 4.36. The molecule has 2 aliphatic rings. The maximum absolute atomic E-state index is 9.73. The lowest BCUT2D eigenvalue weighted by Crippen LogP contribution is -2.34. The molecule has 0 radical (unpaired) electrons. The summed E-state index contributed by atoms with van der Waals surface area (Å²) in [7, 11) is 0. The van der Waals surface area contributed by atoms with Crippen molar-refractivity contribution >= 4 is 0 Å². The molecule has 3 rings (SSSR count). The summed E-state index contributed by atoms with van der Waals surface area (Å²) in [5.41, 5.74) is 0.0353. The van der Waals surface area contributed by atoms with E-state index in [4.69, 9.17) is 4.42 Å². The van der Waals surface area contributed by atoms with E-state index < -0.39 is 0 Å². The molecule has 0 aliphatic carbocycles. The molecule has 1 aromatic heterocycles. The SMILES string of the molecule is Oc1ccoc1C12CCCN1CCC2. The highest BCUT2D eigenvalue weighted by Crippen LogP contribution is 2.49. The topological polar surface area (TPSA) is 36.6 Å². The van der Waals surface area contributed by atoms with Gasteiger partial charge in [0.1, 0.15) is 0 Å². The lowest BCUT2D eigenvalue weighted by atomic mass is 9.91. The van der Waals surface area contributed by atoms with Crippen molar-refractivity contribution in [3.63, 3.8) is 0 Å². The molecule has 76 valence electrons. The van der Waals surface area contributed by atoms with Gasteiger partial charge < -0.3 is 9.52 Å². The zero-order valence-corrected chi connectivity index (χ0v) is 8.20. The smallest absolute Gasteiger partial charge is 0.165 e. The molecule has 0 aromatic carbocycles. The van der Waals surface area contributed by atoms with Gasteiger partial charge in [-0.05, 0) is 38.8 Å². The molecule has 3 heteroatoms. The number of hydrogen-bond donors (Lipinski definition) is 1. The van der Waals surface area contributed by atoms with Gasteiger partial charge in [0, 0.05) is 6.07 Å². The first-order valence-electron chi connectivity index (χ1n) is 5.35. The maximum Gasteiger partial charge on any atom is 0.165 e. The van der Waals surface area contributed by atoms with E-state index in [-0.39, 0.29) is 5.54 Å². The van der Waals surface area contributed by atoms with Crippen LogP contribution in [0.15, 0.2) is 16.7 Å². The van der Waals surface area contributed by atoms with Crippen LogP contribution >= 0.6 is 0 Å². The van der Waals surface area contributed by atoms with Crippen LogP contribution in [0.5, 0.6) is 5.75 Å². The minimum absolute atomic E-state index is 0.0353. The fourth-order valence-electron chi connectivity index (χ4n) is 3.13. The predicted molar refractivity (Wildman–Crippen MR) is 52.1 cm³/mol. The molecule has 2 saturated heterocycles. The average molecular weight is 193 g/mol. The van der Waals surface area contributed by atoms with E-state index in [0.29, 0.717) is 5.75 Å². The van der Waals surface area contributed by atoms with Crippen molar-refractivity contribution in [3.8, 4) is 5.75 Å². The summed E-state index contributed by atoms with van der Waals surface area (Å²) in [6.45, 7) is 2.31. The fraction of sp³-hybridized carbons (Fsp3) is 0.636. The molecule has 0 unspecified atom stereocenters. The van der Waals surface area contributed by atoms with Crippen LogP contribution in [0.2, 0.25) is 0 Å². The van der Waals surface area contributed by atoms with Gasteiger partial charge in [-0.3, -0.25) is 4.90 Å². The molecule has 1 aromatic rings. The Labute approximate surface area is 83.3 Å². The van der Waals surface area contributed by atoms with E-state index in [1.807, 2.05) is 0 Å². The molecule has 1 N–H and O–H groups in total. The van der Waals surface area contributed by atoms with Crippen molar-refractivity contribution < 1.29 is 9.52 Å². The van der Waals surface area contributed by atoms with E-state index in [9.17, 15) is 5.11 Å². The number of hydrogen-bond acceptors (Lipinski definition) is 3. The second kappa shape index (κ2) is 2.76. The summed E-state index contributed by atoms with van der Waals surface area (Å²) >= 11 is 0. The van der Waals surface area contributed by atoms with Crippen LogP contribution in [0.1, 0.15) is 31.4 Å². The Bertz CT molecular complexity index is 335. The third kappa shape index (κ3) is 0.906. The van der Waals surface area contributed by atoms with Crippen molar-refractivity contribution in [3.05, 3.63) is 18.1 Å². The normalized spacial score (nSPS) is 25.4. The Balaban J connectivity index is 2.07. The number of rotatable bonds is 1. The molecule has 3 nitrogen and oxygen atoms in total. The number of fused-ring (bicyclic) bond motifs is 1. The number of aromatic hydroxyl groups is 1. The van der Waals surface area contributed by atoms with Crippen LogP contribution in [0.3, 0.4) is 0 Å². The monoisotopic (exact) mass is 193 g/mol. The van der Waals surface area contributed by atoms with E-state index in [2.05, 4.69) is 4.90 Å². The average Bonchev–Trinajstić information content (AvgIpc) is 2.75.